The minimum absolute atomic E-state index is 0.158. The molecule has 0 aromatic heterocycles. The van der Waals surface area contributed by atoms with Crippen LogP contribution in [0, 0.1) is 5.82 Å². The number of benzene rings is 2. The molecule has 2 rings (SSSR count). The molecule has 0 spiro atoms. The fourth-order valence-corrected chi connectivity index (χ4v) is 2.34. The van der Waals surface area contributed by atoms with Gasteiger partial charge in [-0.25, -0.2) is 4.39 Å². The van der Waals surface area contributed by atoms with Gasteiger partial charge in [0, 0.05) is 30.8 Å². The molecule has 0 bridgehead atoms. The second-order valence-corrected chi connectivity index (χ2v) is 4.95. The molecule has 21 heavy (non-hydrogen) atoms. The fraction of sp³-hybridized carbons (Fsp3) is 0.278. The Morgan fingerprint density at radius 1 is 1.10 bits per heavy atom. The molecule has 3 heteroatoms. The van der Waals surface area contributed by atoms with Gasteiger partial charge in [-0.1, -0.05) is 36.4 Å². The van der Waals surface area contributed by atoms with Crippen molar-refractivity contribution >= 4 is 11.5 Å². The van der Waals surface area contributed by atoms with E-state index in [1.165, 1.54) is 12.1 Å². The van der Waals surface area contributed by atoms with Crippen LogP contribution in [0.15, 0.2) is 54.6 Å². The standard InChI is InChI=1S/C18H20FNO/c1-2-20(17-11-6-10-16(19)14-17)13-7-12-18(21)15-8-4-3-5-9-15/h3-6,8-11,14H,2,7,12-13H2,1H3. The first-order valence-electron chi connectivity index (χ1n) is 7.29. The van der Waals surface area contributed by atoms with Crippen molar-refractivity contribution in [1.29, 1.82) is 0 Å². The Hall–Kier alpha value is -2.16. The van der Waals surface area contributed by atoms with E-state index < -0.39 is 0 Å². The van der Waals surface area contributed by atoms with Gasteiger partial charge in [0.05, 0.1) is 0 Å². The van der Waals surface area contributed by atoms with Crippen LogP contribution >= 0.6 is 0 Å². The third-order valence-electron chi connectivity index (χ3n) is 3.48. The van der Waals surface area contributed by atoms with Gasteiger partial charge in [-0.3, -0.25) is 4.79 Å². The zero-order valence-corrected chi connectivity index (χ0v) is 12.3. The number of hydrogen-bond donors (Lipinski definition) is 0. The van der Waals surface area contributed by atoms with Crippen LogP contribution in [0.25, 0.3) is 0 Å². The molecular formula is C18H20FNO. The van der Waals surface area contributed by atoms with Crippen molar-refractivity contribution in [3.63, 3.8) is 0 Å². The maximum Gasteiger partial charge on any atom is 0.162 e. The van der Waals surface area contributed by atoms with Crippen LogP contribution in [0.2, 0.25) is 0 Å². The van der Waals surface area contributed by atoms with Gasteiger partial charge in [-0.2, -0.15) is 0 Å². The van der Waals surface area contributed by atoms with Gasteiger partial charge in [0.2, 0.25) is 0 Å². The summed E-state index contributed by atoms with van der Waals surface area (Å²) in [5, 5.41) is 0. The highest BCUT2D eigenvalue weighted by Gasteiger charge is 2.08. The van der Waals surface area contributed by atoms with Crippen LogP contribution in [0.4, 0.5) is 10.1 Å². The molecule has 0 fully saturated rings. The Balaban J connectivity index is 1.88. The van der Waals surface area contributed by atoms with Crippen molar-refractivity contribution in [2.45, 2.75) is 19.8 Å². The molecule has 0 saturated carbocycles. The smallest absolute Gasteiger partial charge is 0.162 e. The second-order valence-electron chi connectivity index (χ2n) is 4.95. The number of hydrogen-bond acceptors (Lipinski definition) is 2. The van der Waals surface area contributed by atoms with Crippen molar-refractivity contribution in [3.05, 3.63) is 66.0 Å². The summed E-state index contributed by atoms with van der Waals surface area (Å²) in [6, 6.07) is 15.9. The molecule has 0 heterocycles. The van der Waals surface area contributed by atoms with E-state index in [0.717, 1.165) is 30.8 Å². The van der Waals surface area contributed by atoms with E-state index in [4.69, 9.17) is 0 Å². The maximum atomic E-state index is 13.3. The lowest BCUT2D eigenvalue weighted by molar-refractivity contribution is 0.0980. The Morgan fingerprint density at radius 3 is 2.52 bits per heavy atom. The Labute approximate surface area is 125 Å². The van der Waals surface area contributed by atoms with E-state index >= 15 is 0 Å². The summed E-state index contributed by atoms with van der Waals surface area (Å²) in [5.41, 5.74) is 1.62. The zero-order chi connectivity index (χ0) is 15.1. The number of anilines is 1. The molecule has 0 N–H and O–H groups in total. The summed E-state index contributed by atoms with van der Waals surface area (Å²) >= 11 is 0. The first kappa shape index (κ1) is 15.2. The van der Waals surface area contributed by atoms with Crippen LogP contribution in [0.3, 0.4) is 0 Å². The third-order valence-corrected chi connectivity index (χ3v) is 3.48. The van der Waals surface area contributed by atoms with Gasteiger partial charge in [0.15, 0.2) is 5.78 Å². The van der Waals surface area contributed by atoms with Crippen LogP contribution < -0.4 is 4.90 Å². The molecule has 0 unspecified atom stereocenters. The number of nitrogens with zero attached hydrogens (tertiary/aromatic N) is 1. The maximum absolute atomic E-state index is 13.3. The van der Waals surface area contributed by atoms with E-state index in [0.29, 0.717) is 6.42 Å². The highest BCUT2D eigenvalue weighted by molar-refractivity contribution is 5.95. The van der Waals surface area contributed by atoms with E-state index in [1.54, 1.807) is 6.07 Å². The first-order valence-corrected chi connectivity index (χ1v) is 7.29. The van der Waals surface area contributed by atoms with Crippen molar-refractivity contribution in [1.82, 2.24) is 0 Å². The minimum atomic E-state index is -0.230. The molecule has 0 amide bonds. The number of carbonyl (C=O) groups is 1. The van der Waals surface area contributed by atoms with Gasteiger partial charge in [-0.15, -0.1) is 0 Å². The number of rotatable bonds is 7. The van der Waals surface area contributed by atoms with Gasteiger partial charge in [0.1, 0.15) is 5.82 Å². The summed E-state index contributed by atoms with van der Waals surface area (Å²) in [7, 11) is 0. The molecule has 0 saturated heterocycles. The van der Waals surface area contributed by atoms with Crippen LogP contribution in [0.1, 0.15) is 30.1 Å². The van der Waals surface area contributed by atoms with Gasteiger partial charge in [0.25, 0.3) is 0 Å². The molecule has 0 aliphatic heterocycles. The van der Waals surface area contributed by atoms with Crippen molar-refractivity contribution in [2.24, 2.45) is 0 Å². The Kier molecular flexibility index (Phi) is 5.50. The molecule has 0 aliphatic carbocycles. The lowest BCUT2D eigenvalue weighted by atomic mass is 10.1. The SMILES string of the molecule is CCN(CCCC(=O)c1ccccc1)c1cccc(F)c1. The van der Waals surface area contributed by atoms with Gasteiger partial charge < -0.3 is 4.90 Å². The van der Waals surface area contributed by atoms with E-state index in [9.17, 15) is 9.18 Å². The first-order chi connectivity index (χ1) is 10.2. The van der Waals surface area contributed by atoms with E-state index in [1.807, 2.05) is 43.3 Å². The molecule has 0 atom stereocenters. The minimum Gasteiger partial charge on any atom is -0.372 e. The van der Waals surface area contributed by atoms with Crippen LogP contribution in [-0.2, 0) is 0 Å². The topological polar surface area (TPSA) is 20.3 Å². The van der Waals surface area contributed by atoms with Crippen molar-refractivity contribution < 1.29 is 9.18 Å². The van der Waals surface area contributed by atoms with Gasteiger partial charge >= 0.3 is 0 Å². The molecule has 0 radical (unpaired) electrons. The fourth-order valence-electron chi connectivity index (χ4n) is 2.34. The highest BCUT2D eigenvalue weighted by atomic mass is 19.1. The average molecular weight is 285 g/mol. The summed E-state index contributed by atoms with van der Waals surface area (Å²) in [5.74, 6) is -0.0720. The number of carbonyl (C=O) groups excluding carboxylic acids is 1. The lowest BCUT2D eigenvalue weighted by Gasteiger charge is -2.23. The molecular weight excluding hydrogens is 265 g/mol. The highest BCUT2D eigenvalue weighted by Crippen LogP contribution is 2.16. The molecule has 2 aromatic carbocycles. The quantitative estimate of drug-likeness (QED) is 0.706. The molecule has 110 valence electrons. The molecule has 0 aliphatic rings. The summed E-state index contributed by atoms with van der Waals surface area (Å²) in [6.07, 6.45) is 1.27. The predicted octanol–water partition coefficient (Wildman–Crippen LogP) is 4.32. The zero-order valence-electron chi connectivity index (χ0n) is 12.3. The third kappa shape index (κ3) is 4.42. The summed E-state index contributed by atoms with van der Waals surface area (Å²) in [4.78, 5) is 14.1. The number of halogens is 1. The average Bonchev–Trinajstić information content (AvgIpc) is 2.52. The summed E-state index contributed by atoms with van der Waals surface area (Å²) in [6.45, 7) is 3.57. The Bertz CT molecular complexity index is 583. The number of ketones is 1. The van der Waals surface area contributed by atoms with E-state index in [2.05, 4.69) is 4.90 Å². The van der Waals surface area contributed by atoms with E-state index in [-0.39, 0.29) is 11.6 Å². The van der Waals surface area contributed by atoms with Crippen LogP contribution in [-0.4, -0.2) is 18.9 Å². The monoisotopic (exact) mass is 285 g/mol. The summed E-state index contributed by atoms with van der Waals surface area (Å²) < 4.78 is 13.3. The van der Waals surface area contributed by atoms with Gasteiger partial charge in [-0.05, 0) is 31.5 Å². The largest absolute Gasteiger partial charge is 0.372 e. The van der Waals surface area contributed by atoms with Crippen molar-refractivity contribution in [3.8, 4) is 0 Å². The predicted molar refractivity (Wildman–Crippen MR) is 84.3 cm³/mol. The molecule has 2 nitrogen and oxygen atoms in total. The molecule has 2 aromatic rings. The number of Topliss-reactive ketones (excluding diaryl/α,β-unsaturated/α-hetero) is 1. The van der Waals surface area contributed by atoms with Crippen molar-refractivity contribution in [2.75, 3.05) is 18.0 Å². The normalized spacial score (nSPS) is 10.4. The second kappa shape index (κ2) is 7.58. The Morgan fingerprint density at radius 2 is 1.86 bits per heavy atom. The van der Waals surface area contributed by atoms with Crippen LogP contribution in [0.5, 0.6) is 0 Å². The lowest BCUT2D eigenvalue weighted by Crippen LogP contribution is -2.24.